The minimum absolute atomic E-state index is 0. The molecule has 1 aliphatic rings. The molecule has 3 N–H and O–H groups in total. The number of thioether (sulfide) groups is 1. The second-order valence-corrected chi connectivity index (χ2v) is 6.94. The first-order valence-electron chi connectivity index (χ1n) is 8.77. The third kappa shape index (κ3) is 9.94. The Kier molecular flexibility index (Phi) is 11.7. The van der Waals surface area contributed by atoms with Crippen LogP contribution >= 0.6 is 35.7 Å². The highest BCUT2D eigenvalue weighted by Gasteiger charge is 2.28. The molecule has 0 atom stereocenters. The van der Waals surface area contributed by atoms with E-state index in [0.717, 1.165) is 44.1 Å². The number of halogens is 1. The summed E-state index contributed by atoms with van der Waals surface area (Å²) in [6.45, 7) is 5.02. The second kappa shape index (κ2) is 13.3. The lowest BCUT2D eigenvalue weighted by Crippen LogP contribution is -2.41. The van der Waals surface area contributed by atoms with E-state index in [1.54, 1.807) is 0 Å². The monoisotopic (exact) mass is 476 g/mol. The number of nitrogens with one attached hydrogen (secondary N) is 3. The highest BCUT2D eigenvalue weighted by molar-refractivity contribution is 14.0. The van der Waals surface area contributed by atoms with Gasteiger partial charge in [0.05, 0.1) is 0 Å². The van der Waals surface area contributed by atoms with Crippen LogP contribution in [0.25, 0.3) is 0 Å². The van der Waals surface area contributed by atoms with Gasteiger partial charge in [0.2, 0.25) is 5.91 Å². The van der Waals surface area contributed by atoms with Crippen LogP contribution in [0.3, 0.4) is 0 Å². The van der Waals surface area contributed by atoms with Crippen molar-refractivity contribution < 1.29 is 4.79 Å². The molecule has 7 heteroatoms. The fraction of sp³-hybridized carbons (Fsp3) is 0.556. The number of rotatable bonds is 10. The van der Waals surface area contributed by atoms with E-state index in [2.05, 4.69) is 52.1 Å². The molecular formula is C18H29IN4OS. The van der Waals surface area contributed by atoms with Gasteiger partial charge in [0.1, 0.15) is 0 Å². The molecule has 0 aromatic heterocycles. The fourth-order valence-electron chi connectivity index (χ4n) is 2.16. The molecule has 1 saturated carbocycles. The van der Waals surface area contributed by atoms with Crippen LogP contribution in [-0.2, 0) is 4.79 Å². The van der Waals surface area contributed by atoms with Crippen molar-refractivity contribution in [2.45, 2.75) is 31.1 Å². The van der Waals surface area contributed by atoms with Gasteiger partial charge in [-0.15, -0.1) is 35.7 Å². The normalized spacial score (nSPS) is 13.7. The van der Waals surface area contributed by atoms with Gasteiger partial charge in [-0.1, -0.05) is 18.2 Å². The van der Waals surface area contributed by atoms with E-state index in [-0.39, 0.29) is 35.8 Å². The first kappa shape index (κ1) is 22.1. The smallest absolute Gasteiger partial charge is 0.223 e. The van der Waals surface area contributed by atoms with Gasteiger partial charge in [0, 0.05) is 37.0 Å². The van der Waals surface area contributed by atoms with Crippen molar-refractivity contribution >= 4 is 47.6 Å². The lowest BCUT2D eigenvalue weighted by atomic mass is 10.4. The van der Waals surface area contributed by atoms with Gasteiger partial charge < -0.3 is 16.0 Å². The minimum atomic E-state index is 0. The molecule has 2 rings (SSSR count). The maximum atomic E-state index is 11.5. The first-order chi connectivity index (χ1) is 11.8. The lowest BCUT2D eigenvalue weighted by molar-refractivity contribution is -0.122. The molecule has 0 spiro atoms. The van der Waals surface area contributed by atoms with E-state index >= 15 is 0 Å². The van der Waals surface area contributed by atoms with Crippen LogP contribution in [0.1, 0.15) is 26.2 Å². The van der Waals surface area contributed by atoms with Crippen molar-refractivity contribution in [1.29, 1.82) is 0 Å². The SMILES string of the molecule is CCNC(=NCCCSc1ccccc1)NCCNC(=O)C1CC1.I. The quantitative estimate of drug-likeness (QED) is 0.160. The van der Waals surface area contributed by atoms with Crippen LogP contribution in [0.5, 0.6) is 0 Å². The number of carbonyl (C=O) groups excluding carboxylic acids is 1. The highest BCUT2D eigenvalue weighted by atomic mass is 127. The Morgan fingerprint density at radius 2 is 1.88 bits per heavy atom. The Bertz CT molecular complexity index is 523. The Balaban J connectivity index is 0.00000312. The predicted octanol–water partition coefficient (Wildman–Crippen LogP) is 2.87. The summed E-state index contributed by atoms with van der Waals surface area (Å²) in [6, 6.07) is 10.4. The van der Waals surface area contributed by atoms with Crippen LogP contribution in [0.2, 0.25) is 0 Å². The number of aliphatic imine (C=N–C) groups is 1. The molecule has 0 heterocycles. The van der Waals surface area contributed by atoms with Crippen LogP contribution in [0.15, 0.2) is 40.2 Å². The van der Waals surface area contributed by atoms with Crippen molar-refractivity contribution in [2.24, 2.45) is 10.9 Å². The van der Waals surface area contributed by atoms with Gasteiger partial charge in [-0.2, -0.15) is 0 Å². The van der Waals surface area contributed by atoms with E-state index in [1.807, 2.05) is 17.8 Å². The zero-order chi connectivity index (χ0) is 17.0. The third-order valence-corrected chi connectivity index (χ3v) is 4.69. The molecule has 0 saturated heterocycles. The maximum Gasteiger partial charge on any atom is 0.223 e. The molecular weight excluding hydrogens is 447 g/mol. The molecule has 1 amide bonds. The van der Waals surface area contributed by atoms with Gasteiger partial charge in [-0.3, -0.25) is 9.79 Å². The summed E-state index contributed by atoms with van der Waals surface area (Å²) >= 11 is 1.86. The van der Waals surface area contributed by atoms with E-state index in [4.69, 9.17) is 0 Å². The molecule has 0 unspecified atom stereocenters. The van der Waals surface area contributed by atoms with Crippen LogP contribution in [-0.4, -0.2) is 43.8 Å². The van der Waals surface area contributed by atoms with E-state index in [9.17, 15) is 4.79 Å². The molecule has 1 fully saturated rings. The van der Waals surface area contributed by atoms with Crippen molar-refractivity contribution in [3.63, 3.8) is 0 Å². The molecule has 0 radical (unpaired) electrons. The largest absolute Gasteiger partial charge is 0.357 e. The Labute approximate surface area is 172 Å². The van der Waals surface area contributed by atoms with E-state index in [0.29, 0.717) is 13.1 Å². The molecule has 140 valence electrons. The maximum absolute atomic E-state index is 11.5. The predicted molar refractivity (Wildman–Crippen MR) is 117 cm³/mol. The summed E-state index contributed by atoms with van der Waals surface area (Å²) in [4.78, 5) is 17.4. The number of guanidine groups is 1. The van der Waals surface area contributed by atoms with Crippen molar-refractivity contribution in [2.75, 3.05) is 31.9 Å². The number of benzene rings is 1. The van der Waals surface area contributed by atoms with Gasteiger partial charge >= 0.3 is 0 Å². The second-order valence-electron chi connectivity index (χ2n) is 5.77. The molecule has 0 bridgehead atoms. The lowest BCUT2D eigenvalue weighted by Gasteiger charge is -2.11. The Morgan fingerprint density at radius 1 is 1.16 bits per heavy atom. The van der Waals surface area contributed by atoms with Crippen LogP contribution in [0, 0.1) is 5.92 Å². The van der Waals surface area contributed by atoms with Gasteiger partial charge in [-0.25, -0.2) is 0 Å². The topological polar surface area (TPSA) is 65.5 Å². The number of hydrogen-bond acceptors (Lipinski definition) is 3. The molecule has 1 aromatic carbocycles. The molecule has 5 nitrogen and oxygen atoms in total. The standard InChI is InChI=1S/C18H28N4OS.HI/c1-2-19-18(22-13-12-20-17(23)15-9-10-15)21-11-6-14-24-16-7-4-3-5-8-16;/h3-5,7-8,15H,2,6,9-14H2,1H3,(H,20,23)(H2,19,21,22);1H. The number of carbonyl (C=O) groups is 1. The molecule has 1 aliphatic carbocycles. The molecule has 25 heavy (non-hydrogen) atoms. The Hall–Kier alpha value is -0.960. The summed E-state index contributed by atoms with van der Waals surface area (Å²) in [5.74, 6) is 2.35. The zero-order valence-corrected chi connectivity index (χ0v) is 17.9. The molecule has 0 aliphatic heterocycles. The average Bonchev–Trinajstić information content (AvgIpc) is 3.44. The van der Waals surface area contributed by atoms with Crippen LogP contribution in [0.4, 0.5) is 0 Å². The van der Waals surface area contributed by atoms with E-state index in [1.165, 1.54) is 4.90 Å². The summed E-state index contributed by atoms with van der Waals surface area (Å²) in [6.07, 6.45) is 3.13. The summed E-state index contributed by atoms with van der Waals surface area (Å²) < 4.78 is 0. The zero-order valence-electron chi connectivity index (χ0n) is 14.8. The minimum Gasteiger partial charge on any atom is -0.357 e. The highest BCUT2D eigenvalue weighted by Crippen LogP contribution is 2.28. The fourth-order valence-corrected chi connectivity index (χ4v) is 3.02. The third-order valence-electron chi connectivity index (χ3n) is 3.59. The number of hydrogen-bond donors (Lipinski definition) is 3. The average molecular weight is 476 g/mol. The van der Waals surface area contributed by atoms with Gasteiger partial charge in [0.15, 0.2) is 5.96 Å². The Morgan fingerprint density at radius 3 is 2.56 bits per heavy atom. The number of nitrogens with zero attached hydrogens (tertiary/aromatic N) is 1. The van der Waals surface area contributed by atoms with Gasteiger partial charge in [-0.05, 0) is 44.1 Å². The van der Waals surface area contributed by atoms with Crippen molar-refractivity contribution in [3.05, 3.63) is 30.3 Å². The summed E-state index contributed by atoms with van der Waals surface area (Å²) in [5.41, 5.74) is 0. The van der Waals surface area contributed by atoms with Crippen LogP contribution < -0.4 is 16.0 Å². The summed E-state index contributed by atoms with van der Waals surface area (Å²) in [7, 11) is 0. The van der Waals surface area contributed by atoms with Crippen molar-refractivity contribution in [3.8, 4) is 0 Å². The number of amides is 1. The summed E-state index contributed by atoms with van der Waals surface area (Å²) in [5, 5.41) is 9.44. The van der Waals surface area contributed by atoms with Crippen molar-refractivity contribution in [1.82, 2.24) is 16.0 Å². The van der Waals surface area contributed by atoms with Gasteiger partial charge in [0.25, 0.3) is 0 Å². The first-order valence-corrected chi connectivity index (χ1v) is 9.76. The van der Waals surface area contributed by atoms with E-state index < -0.39 is 0 Å². The molecule has 1 aromatic rings.